The molecule has 0 unspecified atom stereocenters. The number of nitrogens with zero attached hydrogens (tertiary/aromatic N) is 2. The molecule has 1 aliphatic heterocycles. The number of benzene rings is 1. The van der Waals surface area contributed by atoms with Gasteiger partial charge in [0.25, 0.3) is 0 Å². The standard InChI is InChI=1S/C14H18F2N2O2/c1-10(11-2-3-12(15)13(16)8-11)18-5-4-17(6-7-19)14(20)9-18/h2-3,8,10,19H,4-7,9H2,1H3/t10-/m0/s1. The summed E-state index contributed by atoms with van der Waals surface area (Å²) in [5.74, 6) is -1.80. The Morgan fingerprint density at radius 3 is 2.65 bits per heavy atom. The van der Waals surface area contributed by atoms with Crippen molar-refractivity contribution in [3.63, 3.8) is 0 Å². The SMILES string of the molecule is C[C@@H](c1ccc(F)c(F)c1)N1CCN(CCO)C(=O)C1. The second-order valence-electron chi connectivity index (χ2n) is 4.92. The summed E-state index contributed by atoms with van der Waals surface area (Å²) in [6.07, 6.45) is 0. The lowest BCUT2D eigenvalue weighted by Crippen LogP contribution is -2.51. The minimum atomic E-state index is -0.875. The Labute approximate surface area is 116 Å². The summed E-state index contributed by atoms with van der Waals surface area (Å²) in [7, 11) is 0. The van der Waals surface area contributed by atoms with Crippen molar-refractivity contribution in [3.05, 3.63) is 35.4 Å². The maximum Gasteiger partial charge on any atom is 0.236 e. The normalized spacial score (nSPS) is 18.4. The molecule has 20 heavy (non-hydrogen) atoms. The molecule has 0 spiro atoms. The molecule has 0 aliphatic carbocycles. The minimum Gasteiger partial charge on any atom is -0.395 e. The minimum absolute atomic E-state index is 0.0511. The third-order valence-corrected chi connectivity index (χ3v) is 3.69. The quantitative estimate of drug-likeness (QED) is 0.902. The number of aliphatic hydroxyl groups excluding tert-OH is 1. The van der Waals surface area contributed by atoms with Crippen LogP contribution in [0.15, 0.2) is 18.2 Å². The molecule has 1 amide bonds. The van der Waals surface area contributed by atoms with Crippen molar-refractivity contribution in [1.29, 1.82) is 0 Å². The van der Waals surface area contributed by atoms with Crippen LogP contribution in [0.25, 0.3) is 0 Å². The van der Waals surface area contributed by atoms with Crippen LogP contribution in [-0.4, -0.2) is 53.6 Å². The first-order chi connectivity index (χ1) is 9.52. The zero-order valence-electron chi connectivity index (χ0n) is 11.4. The molecule has 1 atom stereocenters. The third kappa shape index (κ3) is 3.13. The van der Waals surface area contributed by atoms with E-state index in [1.165, 1.54) is 12.1 Å². The Bertz CT molecular complexity index is 496. The van der Waals surface area contributed by atoms with Crippen LogP contribution < -0.4 is 0 Å². The van der Waals surface area contributed by atoms with Crippen LogP contribution in [0.3, 0.4) is 0 Å². The zero-order valence-corrected chi connectivity index (χ0v) is 11.4. The molecule has 1 fully saturated rings. The number of amides is 1. The molecule has 0 radical (unpaired) electrons. The smallest absolute Gasteiger partial charge is 0.236 e. The maximum absolute atomic E-state index is 13.2. The van der Waals surface area contributed by atoms with Gasteiger partial charge < -0.3 is 10.0 Å². The number of carbonyl (C=O) groups excluding carboxylic acids is 1. The van der Waals surface area contributed by atoms with Gasteiger partial charge in [0.2, 0.25) is 5.91 Å². The molecule has 1 aromatic carbocycles. The molecule has 0 bridgehead atoms. The highest BCUT2D eigenvalue weighted by Gasteiger charge is 2.27. The van der Waals surface area contributed by atoms with E-state index >= 15 is 0 Å². The van der Waals surface area contributed by atoms with E-state index in [0.29, 0.717) is 25.2 Å². The van der Waals surface area contributed by atoms with Crippen LogP contribution in [0.4, 0.5) is 8.78 Å². The number of rotatable bonds is 4. The average molecular weight is 284 g/mol. The van der Waals surface area contributed by atoms with Gasteiger partial charge in [0.1, 0.15) is 0 Å². The van der Waals surface area contributed by atoms with Gasteiger partial charge in [-0.25, -0.2) is 8.78 Å². The second kappa shape index (κ2) is 6.28. The van der Waals surface area contributed by atoms with Crippen LogP contribution in [-0.2, 0) is 4.79 Å². The van der Waals surface area contributed by atoms with Crippen molar-refractivity contribution < 1.29 is 18.7 Å². The Morgan fingerprint density at radius 1 is 1.30 bits per heavy atom. The number of halogens is 2. The molecule has 0 aromatic heterocycles. The lowest BCUT2D eigenvalue weighted by atomic mass is 10.1. The largest absolute Gasteiger partial charge is 0.395 e. The van der Waals surface area contributed by atoms with Gasteiger partial charge in [0.15, 0.2) is 11.6 Å². The van der Waals surface area contributed by atoms with E-state index in [1.54, 1.807) is 4.90 Å². The molecule has 110 valence electrons. The van der Waals surface area contributed by atoms with Gasteiger partial charge in [0.05, 0.1) is 13.2 Å². The average Bonchev–Trinajstić information content (AvgIpc) is 2.43. The van der Waals surface area contributed by atoms with Gasteiger partial charge in [-0.2, -0.15) is 0 Å². The summed E-state index contributed by atoms with van der Waals surface area (Å²) in [6.45, 7) is 3.55. The molecule has 1 aliphatic rings. The number of hydrogen-bond donors (Lipinski definition) is 1. The lowest BCUT2D eigenvalue weighted by molar-refractivity contribution is -0.137. The van der Waals surface area contributed by atoms with Crippen LogP contribution in [0.1, 0.15) is 18.5 Å². The van der Waals surface area contributed by atoms with Gasteiger partial charge in [-0.3, -0.25) is 9.69 Å². The Kier molecular flexibility index (Phi) is 4.67. The highest BCUT2D eigenvalue weighted by Crippen LogP contribution is 2.23. The summed E-state index contributed by atoms with van der Waals surface area (Å²) < 4.78 is 26.2. The maximum atomic E-state index is 13.2. The predicted molar refractivity (Wildman–Crippen MR) is 70.0 cm³/mol. The highest BCUT2D eigenvalue weighted by molar-refractivity contribution is 5.79. The molecule has 2 rings (SSSR count). The van der Waals surface area contributed by atoms with Gasteiger partial charge in [-0.15, -0.1) is 0 Å². The lowest BCUT2D eigenvalue weighted by Gasteiger charge is -2.37. The molecule has 0 saturated carbocycles. The first kappa shape index (κ1) is 14.9. The van der Waals surface area contributed by atoms with E-state index in [9.17, 15) is 13.6 Å². The van der Waals surface area contributed by atoms with E-state index in [2.05, 4.69) is 0 Å². The molecule has 4 nitrogen and oxygen atoms in total. The fraction of sp³-hybridized carbons (Fsp3) is 0.500. The summed E-state index contributed by atoms with van der Waals surface area (Å²) in [4.78, 5) is 15.4. The van der Waals surface area contributed by atoms with Crippen LogP contribution in [0.2, 0.25) is 0 Å². The highest BCUT2D eigenvalue weighted by atomic mass is 19.2. The van der Waals surface area contributed by atoms with Crippen molar-refractivity contribution in [2.24, 2.45) is 0 Å². The molecule has 6 heteroatoms. The second-order valence-corrected chi connectivity index (χ2v) is 4.92. The van der Waals surface area contributed by atoms with E-state index in [4.69, 9.17) is 5.11 Å². The summed E-state index contributed by atoms with van der Waals surface area (Å²) >= 11 is 0. The number of aliphatic hydroxyl groups is 1. The number of hydrogen-bond acceptors (Lipinski definition) is 3. The van der Waals surface area contributed by atoms with Crippen molar-refractivity contribution in [1.82, 2.24) is 9.80 Å². The fourth-order valence-electron chi connectivity index (χ4n) is 2.40. The van der Waals surface area contributed by atoms with Crippen molar-refractivity contribution >= 4 is 5.91 Å². The summed E-state index contributed by atoms with van der Waals surface area (Å²) in [5, 5.41) is 8.86. The molecular weight excluding hydrogens is 266 g/mol. The number of carbonyl (C=O) groups is 1. The Hall–Kier alpha value is -1.53. The Balaban J connectivity index is 2.05. The fourth-order valence-corrected chi connectivity index (χ4v) is 2.40. The first-order valence-electron chi connectivity index (χ1n) is 6.60. The van der Waals surface area contributed by atoms with E-state index in [-0.39, 0.29) is 25.1 Å². The third-order valence-electron chi connectivity index (χ3n) is 3.69. The van der Waals surface area contributed by atoms with Crippen LogP contribution in [0, 0.1) is 11.6 Å². The monoisotopic (exact) mass is 284 g/mol. The predicted octanol–water partition coefficient (Wildman–Crippen LogP) is 1.16. The number of β-amino-alcohol motifs (C(OH)–C–C–N with tert-alkyl or cyclic N) is 1. The topological polar surface area (TPSA) is 43.8 Å². The van der Waals surface area contributed by atoms with E-state index in [0.717, 1.165) is 6.07 Å². The Morgan fingerprint density at radius 2 is 2.05 bits per heavy atom. The summed E-state index contributed by atoms with van der Waals surface area (Å²) in [5.41, 5.74) is 0.646. The molecule has 1 N–H and O–H groups in total. The molecular formula is C14H18F2N2O2. The molecule has 1 heterocycles. The van der Waals surface area contributed by atoms with E-state index < -0.39 is 11.6 Å². The van der Waals surface area contributed by atoms with Gasteiger partial charge >= 0.3 is 0 Å². The van der Waals surface area contributed by atoms with Crippen LogP contribution >= 0.6 is 0 Å². The van der Waals surface area contributed by atoms with Gasteiger partial charge in [-0.05, 0) is 24.6 Å². The number of piperazine rings is 1. The molecule has 1 saturated heterocycles. The van der Waals surface area contributed by atoms with Crippen molar-refractivity contribution in [2.75, 3.05) is 32.8 Å². The van der Waals surface area contributed by atoms with Gasteiger partial charge in [-0.1, -0.05) is 6.07 Å². The van der Waals surface area contributed by atoms with Crippen LogP contribution in [0.5, 0.6) is 0 Å². The first-order valence-corrected chi connectivity index (χ1v) is 6.60. The zero-order chi connectivity index (χ0) is 14.7. The summed E-state index contributed by atoms with van der Waals surface area (Å²) in [6, 6.07) is 3.65. The van der Waals surface area contributed by atoms with Crippen molar-refractivity contribution in [2.45, 2.75) is 13.0 Å². The van der Waals surface area contributed by atoms with E-state index in [1.807, 2.05) is 11.8 Å². The van der Waals surface area contributed by atoms with Gasteiger partial charge in [0, 0.05) is 25.7 Å². The molecule has 1 aromatic rings. The van der Waals surface area contributed by atoms with Crippen molar-refractivity contribution in [3.8, 4) is 0 Å².